The number of amides is 2. The number of methoxy groups -OCH3 is 1. The first-order chi connectivity index (χ1) is 26.4. The first kappa shape index (κ1) is 39.1. The number of nitrogens with one attached hydrogen (secondary N) is 2. The van der Waals surface area contributed by atoms with Gasteiger partial charge >= 0.3 is 0 Å². The Morgan fingerprint density at radius 3 is 2.39 bits per heavy atom. The van der Waals surface area contributed by atoms with E-state index in [4.69, 9.17) is 19.9 Å². The molecule has 54 heavy (non-hydrogen) atoms. The molecule has 0 radical (unpaired) electrons. The van der Waals surface area contributed by atoms with Crippen LogP contribution >= 0.6 is 0 Å². The lowest BCUT2D eigenvalue weighted by molar-refractivity contribution is -0.253. The SMILES string of the molecule is COCC1CCCN1CC1CC(c2ccc(CO)cc2)OC(c2cccc(-c3cccc(CNC(=O)CCCCCC(=O)Nc4ccccc4N)c3)c2)O1. The molecule has 2 aliphatic heterocycles. The van der Waals surface area contributed by atoms with E-state index in [-0.39, 0.29) is 30.6 Å². The molecular formula is C44H54N4O6. The molecule has 4 aromatic carbocycles. The van der Waals surface area contributed by atoms with Gasteiger partial charge in [0.1, 0.15) is 0 Å². The molecule has 2 amide bonds. The van der Waals surface area contributed by atoms with Crippen molar-refractivity contribution in [2.24, 2.45) is 0 Å². The summed E-state index contributed by atoms with van der Waals surface area (Å²) in [6.45, 7) is 3.01. The number of carbonyl (C=O) groups excluding carboxylic acids is 2. The lowest BCUT2D eigenvalue weighted by Gasteiger charge is -2.39. The van der Waals surface area contributed by atoms with E-state index in [0.29, 0.717) is 49.6 Å². The van der Waals surface area contributed by atoms with Crippen molar-refractivity contribution < 1.29 is 28.9 Å². The highest BCUT2D eigenvalue weighted by atomic mass is 16.7. The molecule has 2 aliphatic rings. The number of nitrogen functional groups attached to an aromatic ring is 1. The number of carbonyl (C=O) groups is 2. The van der Waals surface area contributed by atoms with Crippen molar-refractivity contribution >= 4 is 23.2 Å². The Morgan fingerprint density at radius 2 is 1.61 bits per heavy atom. The molecular weight excluding hydrogens is 681 g/mol. The maximum absolute atomic E-state index is 12.7. The summed E-state index contributed by atoms with van der Waals surface area (Å²) in [6, 6.07) is 32.1. The Balaban J connectivity index is 1.03. The van der Waals surface area contributed by atoms with E-state index >= 15 is 0 Å². The van der Waals surface area contributed by atoms with Gasteiger partial charge < -0.3 is 35.7 Å². The van der Waals surface area contributed by atoms with E-state index in [1.807, 2.05) is 54.6 Å². The number of hydrogen-bond donors (Lipinski definition) is 4. The first-order valence-electron chi connectivity index (χ1n) is 19.2. The van der Waals surface area contributed by atoms with E-state index in [9.17, 15) is 14.7 Å². The third-order valence-electron chi connectivity index (χ3n) is 10.4. The third-order valence-corrected chi connectivity index (χ3v) is 10.4. The van der Waals surface area contributed by atoms with Gasteiger partial charge in [0.05, 0.1) is 36.8 Å². The minimum absolute atomic E-state index is 0.00589. The zero-order chi connectivity index (χ0) is 37.7. The predicted octanol–water partition coefficient (Wildman–Crippen LogP) is 7.29. The van der Waals surface area contributed by atoms with Crippen molar-refractivity contribution in [1.82, 2.24) is 10.2 Å². The van der Waals surface area contributed by atoms with Crippen LogP contribution in [0.15, 0.2) is 97.1 Å². The summed E-state index contributed by atoms with van der Waals surface area (Å²) >= 11 is 0. The van der Waals surface area contributed by atoms with Crippen LogP contribution in [0.25, 0.3) is 11.1 Å². The standard InChI is InChI=1S/C44H54N4O6/c1-52-30-37-14-9-23-48(37)28-38-26-41(33-21-19-31(29-49)20-22-33)54-44(53-38)36-13-8-12-35(25-36)34-11-7-10-32(24-34)27-46-42(50)17-3-2-4-18-43(51)47-40-16-6-5-15-39(40)45/h5-8,10-13,15-16,19-22,24-25,37-38,41,44,49H,2-4,9,14,17-18,23,26-30,45H2,1H3,(H,46,50)(H,47,51). The average molecular weight is 735 g/mol. The number of unbranched alkanes of at least 4 members (excludes halogenated alkanes) is 2. The van der Waals surface area contributed by atoms with Crippen molar-refractivity contribution in [3.8, 4) is 11.1 Å². The Kier molecular flexibility index (Phi) is 14.2. The summed E-state index contributed by atoms with van der Waals surface area (Å²) in [7, 11) is 1.77. The topological polar surface area (TPSA) is 135 Å². The summed E-state index contributed by atoms with van der Waals surface area (Å²) in [6.07, 6.45) is 5.30. The number of nitrogens with two attached hydrogens (primary N) is 1. The highest BCUT2D eigenvalue weighted by Crippen LogP contribution is 2.39. The monoisotopic (exact) mass is 734 g/mol. The van der Waals surface area contributed by atoms with E-state index in [1.165, 1.54) is 0 Å². The van der Waals surface area contributed by atoms with Gasteiger partial charge in [-0.2, -0.15) is 0 Å². The minimum Gasteiger partial charge on any atom is -0.397 e. The van der Waals surface area contributed by atoms with Gasteiger partial charge in [-0.15, -0.1) is 0 Å². The van der Waals surface area contributed by atoms with E-state index in [2.05, 4.69) is 45.9 Å². The third kappa shape index (κ3) is 11.0. The first-order valence-corrected chi connectivity index (χ1v) is 19.2. The van der Waals surface area contributed by atoms with Crippen LogP contribution in [0.5, 0.6) is 0 Å². The van der Waals surface area contributed by atoms with Crippen LogP contribution in [0.3, 0.4) is 0 Å². The van der Waals surface area contributed by atoms with Crippen LogP contribution < -0.4 is 16.4 Å². The van der Waals surface area contributed by atoms with E-state index < -0.39 is 6.29 Å². The van der Waals surface area contributed by atoms with Crippen molar-refractivity contribution in [3.05, 3.63) is 119 Å². The molecule has 2 saturated heterocycles. The molecule has 4 atom stereocenters. The predicted molar refractivity (Wildman–Crippen MR) is 211 cm³/mol. The summed E-state index contributed by atoms with van der Waals surface area (Å²) < 4.78 is 18.9. The van der Waals surface area contributed by atoms with Crippen molar-refractivity contribution in [1.29, 1.82) is 0 Å². The molecule has 0 aromatic heterocycles. The van der Waals surface area contributed by atoms with E-state index in [0.717, 1.165) is 78.8 Å². The second-order valence-electron chi connectivity index (χ2n) is 14.4. The number of nitrogens with zero attached hydrogens (tertiary/aromatic N) is 1. The van der Waals surface area contributed by atoms with Gasteiger partial charge in [-0.1, -0.05) is 79.2 Å². The second kappa shape index (κ2) is 19.7. The minimum atomic E-state index is -0.547. The molecule has 0 spiro atoms. The number of benzene rings is 4. The van der Waals surface area contributed by atoms with Crippen LogP contribution in [-0.2, 0) is 37.0 Å². The van der Waals surface area contributed by atoms with Crippen LogP contribution in [-0.4, -0.2) is 60.8 Å². The summed E-state index contributed by atoms with van der Waals surface area (Å²) in [5, 5.41) is 15.5. The van der Waals surface area contributed by atoms with Gasteiger partial charge in [-0.25, -0.2) is 0 Å². The maximum atomic E-state index is 12.7. The smallest absolute Gasteiger partial charge is 0.224 e. The van der Waals surface area contributed by atoms with Crippen LogP contribution in [0, 0.1) is 0 Å². The van der Waals surface area contributed by atoms with Gasteiger partial charge in [0.25, 0.3) is 0 Å². The molecule has 10 heteroatoms. The largest absolute Gasteiger partial charge is 0.397 e. The van der Waals surface area contributed by atoms with Gasteiger partial charge in [-0.3, -0.25) is 14.5 Å². The number of hydrogen-bond acceptors (Lipinski definition) is 8. The van der Waals surface area contributed by atoms with Crippen LogP contribution in [0.1, 0.15) is 86.0 Å². The zero-order valence-corrected chi connectivity index (χ0v) is 31.3. The quantitative estimate of drug-likeness (QED) is 0.0657. The number of para-hydroxylation sites is 2. The lowest BCUT2D eigenvalue weighted by atomic mass is 9.98. The number of anilines is 2. The zero-order valence-electron chi connectivity index (χ0n) is 31.3. The molecule has 0 bridgehead atoms. The molecule has 2 heterocycles. The van der Waals surface area contributed by atoms with Crippen molar-refractivity contribution in [2.45, 2.75) is 89.1 Å². The fraction of sp³-hybridized carbons (Fsp3) is 0.409. The van der Waals surface area contributed by atoms with Gasteiger partial charge in [0.15, 0.2) is 6.29 Å². The molecule has 286 valence electrons. The molecule has 4 unspecified atom stereocenters. The average Bonchev–Trinajstić information content (AvgIpc) is 3.64. The maximum Gasteiger partial charge on any atom is 0.224 e. The van der Waals surface area contributed by atoms with Crippen LogP contribution in [0.4, 0.5) is 11.4 Å². The highest BCUT2D eigenvalue weighted by molar-refractivity contribution is 5.93. The van der Waals surface area contributed by atoms with Gasteiger partial charge in [0.2, 0.25) is 11.8 Å². The normalized spacial score (nSPS) is 20.1. The number of likely N-dealkylation sites (tertiary alicyclic amines) is 1. The molecule has 0 saturated carbocycles. The second-order valence-corrected chi connectivity index (χ2v) is 14.4. The molecule has 6 rings (SSSR count). The number of aliphatic hydroxyl groups excluding tert-OH is 1. The molecule has 2 fully saturated rings. The number of ether oxygens (including phenoxy) is 3. The molecule has 0 aliphatic carbocycles. The summed E-state index contributed by atoms with van der Waals surface area (Å²) in [4.78, 5) is 27.4. The molecule has 4 aromatic rings. The van der Waals surface area contributed by atoms with Crippen molar-refractivity contribution in [2.75, 3.05) is 37.9 Å². The molecule has 10 nitrogen and oxygen atoms in total. The summed E-state index contributed by atoms with van der Waals surface area (Å²) in [5.74, 6) is -0.0814. The fourth-order valence-electron chi connectivity index (χ4n) is 7.40. The van der Waals surface area contributed by atoms with Crippen molar-refractivity contribution in [3.63, 3.8) is 0 Å². The fourth-order valence-corrected chi connectivity index (χ4v) is 7.40. The Labute approximate surface area is 319 Å². The Morgan fingerprint density at radius 1 is 0.852 bits per heavy atom. The Hall–Kier alpha value is -4.58. The van der Waals surface area contributed by atoms with Gasteiger partial charge in [-0.05, 0) is 84.3 Å². The number of rotatable bonds is 17. The summed E-state index contributed by atoms with van der Waals surface area (Å²) in [5.41, 5.74) is 13.1. The Bertz CT molecular complexity index is 1820. The number of aliphatic hydroxyl groups is 1. The molecule has 5 N–H and O–H groups in total. The van der Waals surface area contributed by atoms with Crippen LogP contribution in [0.2, 0.25) is 0 Å². The highest BCUT2D eigenvalue weighted by Gasteiger charge is 2.35. The lowest BCUT2D eigenvalue weighted by Crippen LogP contribution is -2.42. The van der Waals surface area contributed by atoms with Gasteiger partial charge in [0, 0.05) is 51.1 Å². The van der Waals surface area contributed by atoms with E-state index in [1.54, 1.807) is 19.2 Å².